The third-order valence-corrected chi connectivity index (χ3v) is 8.25. The van der Waals surface area contributed by atoms with Gasteiger partial charge in [0.15, 0.2) is 6.20 Å². The summed E-state index contributed by atoms with van der Waals surface area (Å²) in [6.07, 6.45) is 2.23. The molecule has 0 aliphatic heterocycles. The Morgan fingerprint density at radius 3 is 2.20 bits per heavy atom. The molecule has 0 spiro atoms. The number of hydrogen-bond acceptors (Lipinski definition) is 0. The minimum atomic E-state index is 0.393. The number of aromatic nitrogens is 2. The van der Waals surface area contributed by atoms with E-state index in [0.29, 0.717) is 11.8 Å². The molecule has 0 radical (unpaired) electrons. The van der Waals surface area contributed by atoms with Crippen LogP contribution in [0.1, 0.15) is 56.2 Å². The molecule has 7 aromatic rings. The molecule has 0 unspecified atom stereocenters. The fraction of sp³-hybridized carbons (Fsp3) is 0.242. The quantitative estimate of drug-likeness (QED) is 0.140. The van der Waals surface area contributed by atoms with Crippen molar-refractivity contribution in [2.24, 2.45) is 7.05 Å². The normalized spacial score (nSPS) is 12.8. The van der Waals surface area contributed by atoms with Crippen LogP contribution in [0.3, 0.4) is 0 Å². The van der Waals surface area contributed by atoms with E-state index < -0.39 is 0 Å². The molecule has 2 nitrogen and oxygen atoms in total. The first-order chi connectivity index (χ1) is 16.9. The van der Waals surface area contributed by atoms with Crippen molar-refractivity contribution >= 4 is 59.8 Å². The van der Waals surface area contributed by atoms with Crippen LogP contribution in [0.5, 0.6) is 0 Å². The van der Waals surface area contributed by atoms with Gasteiger partial charge < -0.3 is 4.40 Å². The number of pyridine rings is 2. The zero-order chi connectivity index (χ0) is 24.2. The van der Waals surface area contributed by atoms with Gasteiger partial charge in [-0.2, -0.15) is 0 Å². The summed E-state index contributed by atoms with van der Waals surface area (Å²) < 4.78 is 4.96. The highest BCUT2D eigenvalue weighted by atomic mass is 15.0. The first kappa shape index (κ1) is 20.7. The summed E-state index contributed by atoms with van der Waals surface area (Å²) in [5.74, 6) is 0.881. The molecule has 0 atom stereocenters. The molecule has 0 aliphatic carbocycles. The molecular weight excluding hydrogens is 424 g/mol. The van der Waals surface area contributed by atoms with Crippen LogP contribution in [0.25, 0.3) is 59.8 Å². The number of benzene rings is 4. The monoisotopic (exact) mass is 455 g/mol. The van der Waals surface area contributed by atoms with Gasteiger partial charge in [-0.15, -0.1) is 0 Å². The Bertz CT molecular complexity index is 1970. The minimum Gasteiger partial charge on any atom is -0.307 e. The van der Waals surface area contributed by atoms with Crippen LogP contribution < -0.4 is 4.57 Å². The van der Waals surface area contributed by atoms with Crippen molar-refractivity contribution in [3.8, 4) is 0 Å². The lowest BCUT2D eigenvalue weighted by atomic mass is 9.88. The van der Waals surface area contributed by atoms with Gasteiger partial charge in [-0.1, -0.05) is 76.2 Å². The van der Waals surface area contributed by atoms with E-state index in [1.165, 1.54) is 76.5 Å². The zero-order valence-corrected chi connectivity index (χ0v) is 21.4. The summed E-state index contributed by atoms with van der Waals surface area (Å²) >= 11 is 0. The Labute approximate surface area is 205 Å². The first-order valence-corrected chi connectivity index (χ1v) is 12.8. The molecule has 0 fully saturated rings. The summed E-state index contributed by atoms with van der Waals surface area (Å²) in [5.41, 5.74) is 9.60. The van der Waals surface area contributed by atoms with Crippen molar-refractivity contribution in [3.05, 3.63) is 83.6 Å². The van der Waals surface area contributed by atoms with Crippen molar-refractivity contribution in [3.63, 3.8) is 0 Å². The molecule has 0 aliphatic rings. The molecule has 4 aromatic carbocycles. The lowest BCUT2D eigenvalue weighted by Gasteiger charge is -2.20. The zero-order valence-electron chi connectivity index (χ0n) is 21.4. The van der Waals surface area contributed by atoms with Gasteiger partial charge in [-0.05, 0) is 57.7 Å². The Kier molecular flexibility index (Phi) is 4.11. The average Bonchev–Trinajstić information content (AvgIpc) is 3.18. The van der Waals surface area contributed by atoms with Crippen LogP contribution in [0.4, 0.5) is 0 Å². The number of hydrogen-bond donors (Lipinski definition) is 0. The fourth-order valence-corrected chi connectivity index (χ4v) is 6.59. The Hall–Kier alpha value is -3.65. The lowest BCUT2D eigenvalue weighted by Crippen LogP contribution is -2.29. The van der Waals surface area contributed by atoms with Crippen molar-refractivity contribution in [2.45, 2.75) is 46.5 Å². The fourth-order valence-electron chi connectivity index (χ4n) is 6.59. The molecule has 0 amide bonds. The van der Waals surface area contributed by atoms with Crippen LogP contribution in [0.15, 0.2) is 66.9 Å². The molecule has 3 heterocycles. The van der Waals surface area contributed by atoms with E-state index in [4.69, 9.17) is 0 Å². The number of nitrogens with zero attached hydrogens (tertiary/aromatic N) is 2. The van der Waals surface area contributed by atoms with E-state index in [9.17, 15) is 0 Å². The van der Waals surface area contributed by atoms with Crippen LogP contribution in [-0.4, -0.2) is 4.40 Å². The molecule has 35 heavy (non-hydrogen) atoms. The first-order valence-electron chi connectivity index (χ1n) is 12.8. The van der Waals surface area contributed by atoms with Crippen LogP contribution in [0.2, 0.25) is 0 Å². The number of fused-ring (bicyclic) bond motifs is 7. The van der Waals surface area contributed by atoms with Gasteiger partial charge in [-0.3, -0.25) is 0 Å². The van der Waals surface area contributed by atoms with Crippen molar-refractivity contribution in [1.29, 1.82) is 0 Å². The summed E-state index contributed by atoms with van der Waals surface area (Å²) in [7, 11) is 2.20. The van der Waals surface area contributed by atoms with E-state index in [1.807, 2.05) is 0 Å². The Balaban J connectivity index is 1.96. The van der Waals surface area contributed by atoms with E-state index in [2.05, 4.69) is 117 Å². The molecule has 172 valence electrons. The van der Waals surface area contributed by atoms with Gasteiger partial charge in [0.1, 0.15) is 7.05 Å². The predicted molar refractivity (Wildman–Crippen MR) is 150 cm³/mol. The average molecular weight is 456 g/mol. The van der Waals surface area contributed by atoms with Gasteiger partial charge in [0.25, 0.3) is 0 Å². The Morgan fingerprint density at radius 2 is 1.46 bits per heavy atom. The van der Waals surface area contributed by atoms with Crippen molar-refractivity contribution in [2.75, 3.05) is 0 Å². The third kappa shape index (κ3) is 2.52. The molecule has 0 bridgehead atoms. The number of rotatable bonds is 2. The Morgan fingerprint density at radius 1 is 0.714 bits per heavy atom. The van der Waals surface area contributed by atoms with Gasteiger partial charge in [-0.25, -0.2) is 4.57 Å². The maximum Gasteiger partial charge on any atom is 0.224 e. The summed E-state index contributed by atoms with van der Waals surface area (Å²) in [6.45, 7) is 11.6. The molecule has 0 saturated carbocycles. The standard InChI is InChI=1S/C33H31N2/c1-18(2)22-12-13-24-26-14-11-21-15-16-34(6)32-29-20(5)23-9-7-8-10-25(23)28(19(3)4)33(29)35(27(24)17-22)31(26)30(21)32/h7-19H,1-6H3/q+1. The highest BCUT2D eigenvalue weighted by Crippen LogP contribution is 2.45. The highest BCUT2D eigenvalue weighted by Gasteiger charge is 2.27. The predicted octanol–water partition coefficient (Wildman–Crippen LogP) is 8.52. The second-order valence-electron chi connectivity index (χ2n) is 10.9. The van der Waals surface area contributed by atoms with Gasteiger partial charge in [0, 0.05) is 16.8 Å². The van der Waals surface area contributed by atoms with Gasteiger partial charge >= 0.3 is 0 Å². The van der Waals surface area contributed by atoms with Crippen LogP contribution in [-0.2, 0) is 7.05 Å². The second-order valence-corrected chi connectivity index (χ2v) is 10.9. The van der Waals surface area contributed by atoms with E-state index >= 15 is 0 Å². The molecule has 2 heteroatoms. The molecular formula is C33H31N2+. The largest absolute Gasteiger partial charge is 0.307 e. The lowest BCUT2D eigenvalue weighted by molar-refractivity contribution is -0.643. The third-order valence-electron chi connectivity index (χ3n) is 8.25. The van der Waals surface area contributed by atoms with Crippen molar-refractivity contribution < 1.29 is 4.57 Å². The maximum absolute atomic E-state index is 2.62. The molecule has 0 saturated heterocycles. The number of aryl methyl sites for hydroxylation is 2. The smallest absolute Gasteiger partial charge is 0.224 e. The summed E-state index contributed by atoms with van der Waals surface area (Å²) in [5, 5.41) is 9.50. The summed E-state index contributed by atoms with van der Waals surface area (Å²) in [4.78, 5) is 0. The van der Waals surface area contributed by atoms with Gasteiger partial charge in [0.2, 0.25) is 5.52 Å². The second kappa shape index (κ2) is 6.95. The van der Waals surface area contributed by atoms with Gasteiger partial charge in [0.05, 0.1) is 27.3 Å². The highest BCUT2D eigenvalue weighted by molar-refractivity contribution is 6.29. The van der Waals surface area contributed by atoms with E-state index in [-0.39, 0.29) is 0 Å². The maximum atomic E-state index is 2.62. The van der Waals surface area contributed by atoms with E-state index in [1.54, 1.807) is 0 Å². The molecule has 0 N–H and O–H groups in total. The SMILES string of the molecule is Cc1c2ccccc2c(C(C)C)c2c1c1c3c(ccc4c5ccc(C(C)C)cc5n2c43)cc[n+]1C. The van der Waals surface area contributed by atoms with Crippen LogP contribution >= 0.6 is 0 Å². The molecule has 7 rings (SSSR count). The summed E-state index contributed by atoms with van der Waals surface area (Å²) in [6, 6.07) is 23.0. The topological polar surface area (TPSA) is 8.29 Å². The van der Waals surface area contributed by atoms with Crippen LogP contribution in [0, 0.1) is 6.92 Å². The minimum absolute atomic E-state index is 0.393. The van der Waals surface area contributed by atoms with Crippen molar-refractivity contribution in [1.82, 2.24) is 4.40 Å². The van der Waals surface area contributed by atoms with E-state index in [0.717, 1.165) is 0 Å². The molecule has 3 aromatic heterocycles.